The third-order valence-corrected chi connectivity index (χ3v) is 5.38. The summed E-state index contributed by atoms with van der Waals surface area (Å²) >= 11 is 0. The zero-order valence-corrected chi connectivity index (χ0v) is 18.5. The average Bonchev–Trinajstić information content (AvgIpc) is 2.73. The van der Waals surface area contributed by atoms with E-state index in [1.807, 2.05) is 0 Å². The van der Waals surface area contributed by atoms with Gasteiger partial charge in [0.15, 0.2) is 12.2 Å². The summed E-state index contributed by atoms with van der Waals surface area (Å²) in [6.07, 6.45) is 1.21. The number of benzene rings is 1. The summed E-state index contributed by atoms with van der Waals surface area (Å²) in [6.45, 7) is 10.2. The highest BCUT2D eigenvalue weighted by Crippen LogP contribution is 2.46. The Kier molecular flexibility index (Phi) is 6.06. The molecule has 0 fully saturated rings. The van der Waals surface area contributed by atoms with Crippen molar-refractivity contribution in [3.63, 3.8) is 0 Å². The monoisotopic (exact) mass is 426 g/mol. The molecule has 1 aromatic carbocycles. The SMILES string of the molecule is CC=C(C)C(=O)O[C@@H]1[C@@H](OC(=O)C(C)=CC)c2c(ccc3ccc(=O)oc23)OC1(C)C. The van der Waals surface area contributed by atoms with Crippen molar-refractivity contribution in [3.05, 3.63) is 63.5 Å². The van der Waals surface area contributed by atoms with Gasteiger partial charge in [0.25, 0.3) is 0 Å². The maximum atomic E-state index is 12.7. The Labute approximate surface area is 180 Å². The maximum Gasteiger partial charge on any atom is 0.336 e. The van der Waals surface area contributed by atoms with Crippen LogP contribution in [-0.4, -0.2) is 23.6 Å². The van der Waals surface area contributed by atoms with Crippen LogP contribution in [0.3, 0.4) is 0 Å². The van der Waals surface area contributed by atoms with E-state index < -0.39 is 35.4 Å². The second-order valence-corrected chi connectivity index (χ2v) is 7.95. The van der Waals surface area contributed by atoms with Crippen LogP contribution in [-0.2, 0) is 19.1 Å². The summed E-state index contributed by atoms with van der Waals surface area (Å²) in [7, 11) is 0. The first-order chi connectivity index (χ1) is 14.6. The van der Waals surface area contributed by atoms with E-state index in [9.17, 15) is 14.4 Å². The number of carbonyl (C=O) groups excluding carboxylic acids is 2. The number of ether oxygens (including phenoxy) is 3. The van der Waals surface area contributed by atoms with Crippen LogP contribution in [0.25, 0.3) is 11.0 Å². The first-order valence-corrected chi connectivity index (χ1v) is 10.0. The van der Waals surface area contributed by atoms with Gasteiger partial charge in [0, 0.05) is 22.6 Å². The lowest BCUT2D eigenvalue weighted by atomic mass is 9.87. The number of fused-ring (bicyclic) bond motifs is 3. The second-order valence-electron chi connectivity index (χ2n) is 7.95. The average molecular weight is 426 g/mol. The predicted octanol–water partition coefficient (Wildman–Crippen LogP) is 4.39. The van der Waals surface area contributed by atoms with Gasteiger partial charge in [0.2, 0.25) is 0 Å². The molecule has 0 amide bonds. The Morgan fingerprint density at radius 2 is 1.55 bits per heavy atom. The summed E-state index contributed by atoms with van der Waals surface area (Å²) in [5, 5.41) is 0.625. The molecule has 1 aliphatic heterocycles. The van der Waals surface area contributed by atoms with Gasteiger partial charge >= 0.3 is 17.6 Å². The summed E-state index contributed by atoms with van der Waals surface area (Å²) in [5.41, 5.74) is -0.224. The summed E-state index contributed by atoms with van der Waals surface area (Å²) < 4.78 is 23.2. The van der Waals surface area contributed by atoms with Gasteiger partial charge in [0.1, 0.15) is 16.9 Å². The smallest absolute Gasteiger partial charge is 0.336 e. The molecule has 0 saturated heterocycles. The zero-order chi connectivity index (χ0) is 22.9. The topological polar surface area (TPSA) is 92.0 Å². The highest BCUT2D eigenvalue weighted by atomic mass is 16.6. The van der Waals surface area contributed by atoms with Crippen LogP contribution in [0.1, 0.15) is 53.2 Å². The minimum Gasteiger partial charge on any atom is -0.483 e. The van der Waals surface area contributed by atoms with E-state index in [1.54, 1.807) is 71.9 Å². The Balaban J connectivity index is 2.23. The van der Waals surface area contributed by atoms with Crippen molar-refractivity contribution in [2.75, 3.05) is 0 Å². The van der Waals surface area contributed by atoms with Gasteiger partial charge in [-0.2, -0.15) is 0 Å². The van der Waals surface area contributed by atoms with Crippen molar-refractivity contribution in [3.8, 4) is 5.75 Å². The molecule has 31 heavy (non-hydrogen) atoms. The molecule has 0 bridgehead atoms. The molecule has 2 atom stereocenters. The molecule has 1 aromatic heterocycles. The first kappa shape index (κ1) is 22.3. The summed E-state index contributed by atoms with van der Waals surface area (Å²) in [6, 6.07) is 6.39. The molecule has 0 spiro atoms. The van der Waals surface area contributed by atoms with Gasteiger partial charge in [-0.1, -0.05) is 12.2 Å². The van der Waals surface area contributed by atoms with Gasteiger partial charge < -0.3 is 18.6 Å². The number of esters is 2. The van der Waals surface area contributed by atoms with Crippen LogP contribution < -0.4 is 10.4 Å². The predicted molar refractivity (Wildman–Crippen MR) is 115 cm³/mol. The molecule has 164 valence electrons. The van der Waals surface area contributed by atoms with Crippen molar-refractivity contribution in [1.29, 1.82) is 0 Å². The van der Waals surface area contributed by atoms with Crippen molar-refractivity contribution in [2.24, 2.45) is 0 Å². The lowest BCUT2D eigenvalue weighted by Crippen LogP contribution is -2.52. The lowest BCUT2D eigenvalue weighted by Gasteiger charge is -2.43. The quantitative estimate of drug-likeness (QED) is 0.407. The number of hydrogen-bond donors (Lipinski definition) is 0. The largest absolute Gasteiger partial charge is 0.483 e. The zero-order valence-electron chi connectivity index (χ0n) is 18.5. The number of allylic oxidation sites excluding steroid dienone is 2. The molecule has 1 aliphatic rings. The van der Waals surface area contributed by atoms with Crippen molar-refractivity contribution >= 4 is 22.9 Å². The van der Waals surface area contributed by atoms with E-state index >= 15 is 0 Å². The van der Waals surface area contributed by atoms with Gasteiger partial charge in [-0.05, 0) is 59.7 Å². The fourth-order valence-corrected chi connectivity index (χ4v) is 3.33. The van der Waals surface area contributed by atoms with E-state index in [0.717, 1.165) is 0 Å². The van der Waals surface area contributed by atoms with Gasteiger partial charge in [0.05, 0.1) is 5.56 Å². The molecule has 0 radical (unpaired) electrons. The normalized spacial score (nSPS) is 20.6. The molecule has 0 saturated carbocycles. The molecule has 7 nitrogen and oxygen atoms in total. The molecule has 2 heterocycles. The van der Waals surface area contributed by atoms with E-state index in [2.05, 4.69) is 0 Å². The highest BCUT2D eigenvalue weighted by Gasteiger charge is 2.50. The Morgan fingerprint density at radius 1 is 0.968 bits per heavy atom. The van der Waals surface area contributed by atoms with Crippen LogP contribution in [0, 0.1) is 0 Å². The minimum atomic E-state index is -1.05. The number of carbonyl (C=O) groups is 2. The molecular formula is C24H26O7. The van der Waals surface area contributed by atoms with Gasteiger partial charge in [-0.3, -0.25) is 0 Å². The third kappa shape index (κ3) is 4.26. The summed E-state index contributed by atoms with van der Waals surface area (Å²) in [4.78, 5) is 37.3. The Bertz CT molecular complexity index is 1150. The van der Waals surface area contributed by atoms with E-state index in [4.69, 9.17) is 18.6 Å². The molecular weight excluding hydrogens is 400 g/mol. The van der Waals surface area contributed by atoms with Crippen LogP contribution in [0.2, 0.25) is 0 Å². The fourth-order valence-electron chi connectivity index (χ4n) is 3.33. The Hall–Kier alpha value is -3.35. The highest BCUT2D eigenvalue weighted by molar-refractivity contribution is 5.90. The minimum absolute atomic E-state index is 0.222. The number of hydrogen-bond acceptors (Lipinski definition) is 7. The Morgan fingerprint density at radius 3 is 2.16 bits per heavy atom. The van der Waals surface area contributed by atoms with E-state index in [-0.39, 0.29) is 5.58 Å². The molecule has 2 aromatic rings. The van der Waals surface area contributed by atoms with E-state index in [1.165, 1.54) is 6.07 Å². The first-order valence-electron chi connectivity index (χ1n) is 10.0. The van der Waals surface area contributed by atoms with E-state index in [0.29, 0.717) is 27.8 Å². The fraction of sp³-hybridized carbons (Fsp3) is 0.375. The van der Waals surface area contributed by atoms with Gasteiger partial charge in [-0.15, -0.1) is 0 Å². The van der Waals surface area contributed by atoms with Crippen molar-refractivity contribution < 1.29 is 28.2 Å². The van der Waals surface area contributed by atoms with Crippen LogP contribution in [0.5, 0.6) is 5.75 Å². The van der Waals surface area contributed by atoms with Crippen molar-refractivity contribution in [2.45, 2.75) is 59.4 Å². The standard InChI is InChI=1S/C24H26O7/c1-7-13(3)22(26)29-20-18-16(11-9-15-10-12-17(25)28-19(15)18)31-24(5,6)21(20)30-23(27)14(4)8-2/h7-12,20-21H,1-6H3/t20-,21+/m0/s1. The van der Waals surface area contributed by atoms with Crippen LogP contribution in [0.4, 0.5) is 0 Å². The molecule has 0 aliphatic carbocycles. The molecule has 0 unspecified atom stereocenters. The lowest BCUT2D eigenvalue weighted by molar-refractivity contribution is -0.185. The molecule has 7 heteroatoms. The van der Waals surface area contributed by atoms with Gasteiger partial charge in [-0.25, -0.2) is 14.4 Å². The second kappa shape index (κ2) is 8.41. The third-order valence-electron chi connectivity index (χ3n) is 5.38. The van der Waals surface area contributed by atoms with Crippen LogP contribution >= 0.6 is 0 Å². The van der Waals surface area contributed by atoms with Crippen molar-refractivity contribution in [1.82, 2.24) is 0 Å². The summed E-state index contributed by atoms with van der Waals surface area (Å²) in [5.74, 6) is -0.744. The van der Waals surface area contributed by atoms with Crippen LogP contribution in [0.15, 0.2) is 56.8 Å². The maximum absolute atomic E-state index is 12.7. The number of rotatable bonds is 4. The molecule has 3 rings (SSSR count). The molecule has 0 N–H and O–H groups in total.